The van der Waals surface area contributed by atoms with Crippen LogP contribution in [-0.4, -0.2) is 18.6 Å². The van der Waals surface area contributed by atoms with Gasteiger partial charge in [0, 0.05) is 11.7 Å². The fourth-order valence-corrected chi connectivity index (χ4v) is 1.76. The third-order valence-electron chi connectivity index (χ3n) is 2.74. The summed E-state index contributed by atoms with van der Waals surface area (Å²) in [4.78, 5) is 10.6. The zero-order chi connectivity index (χ0) is 13.4. The molecule has 3 N–H and O–H groups in total. The van der Waals surface area contributed by atoms with Crippen LogP contribution >= 0.6 is 0 Å². The molecule has 0 aliphatic heterocycles. The van der Waals surface area contributed by atoms with Gasteiger partial charge in [-0.15, -0.1) is 0 Å². The fraction of sp³-hybridized carbons (Fsp3) is 0.500. The number of hydrogen-bond acceptors (Lipinski definition) is 3. The van der Waals surface area contributed by atoms with Gasteiger partial charge in [-0.1, -0.05) is 20.3 Å². The first-order chi connectivity index (χ1) is 8.65. The Balaban J connectivity index is 2.51. The molecule has 1 aromatic rings. The summed E-state index contributed by atoms with van der Waals surface area (Å²) in [6.07, 6.45) is 3.44. The van der Waals surface area contributed by atoms with Gasteiger partial charge in [-0.25, -0.2) is 0 Å². The largest absolute Gasteiger partial charge is 0.484 e. The van der Waals surface area contributed by atoms with E-state index < -0.39 is 5.91 Å². The average Bonchev–Trinajstić information content (AvgIpc) is 2.37. The van der Waals surface area contributed by atoms with Crippen LogP contribution in [0, 0.1) is 0 Å². The molecule has 0 bridgehead atoms. The maximum atomic E-state index is 10.6. The SMILES string of the molecule is CCCC(CC)Nc1ccc(OCC(N)=O)cc1. The van der Waals surface area contributed by atoms with Crippen molar-refractivity contribution in [1.29, 1.82) is 0 Å². The van der Waals surface area contributed by atoms with E-state index in [1.807, 2.05) is 24.3 Å². The molecule has 0 aliphatic carbocycles. The number of nitrogens with two attached hydrogens (primary N) is 1. The average molecular weight is 250 g/mol. The highest BCUT2D eigenvalue weighted by Gasteiger charge is 2.04. The van der Waals surface area contributed by atoms with Gasteiger partial charge in [-0.05, 0) is 37.1 Å². The summed E-state index contributed by atoms with van der Waals surface area (Å²) in [6, 6.07) is 8.09. The first-order valence-corrected chi connectivity index (χ1v) is 6.43. The van der Waals surface area contributed by atoms with Crippen molar-refractivity contribution in [2.75, 3.05) is 11.9 Å². The van der Waals surface area contributed by atoms with Crippen molar-refractivity contribution in [1.82, 2.24) is 0 Å². The van der Waals surface area contributed by atoms with Gasteiger partial charge < -0.3 is 15.8 Å². The molecule has 4 nitrogen and oxygen atoms in total. The number of amides is 1. The second-order valence-electron chi connectivity index (χ2n) is 4.32. The molecule has 0 saturated carbocycles. The summed E-state index contributed by atoms with van der Waals surface area (Å²) in [6.45, 7) is 4.28. The van der Waals surface area contributed by atoms with Crippen LogP contribution in [0.3, 0.4) is 0 Å². The summed E-state index contributed by atoms with van der Waals surface area (Å²) in [5, 5.41) is 3.47. The molecule has 0 aromatic heterocycles. The molecule has 0 fully saturated rings. The van der Waals surface area contributed by atoms with E-state index in [0.717, 1.165) is 18.5 Å². The highest BCUT2D eigenvalue weighted by atomic mass is 16.5. The number of rotatable bonds is 8. The number of primary amides is 1. The minimum Gasteiger partial charge on any atom is -0.484 e. The van der Waals surface area contributed by atoms with Gasteiger partial charge in [0.1, 0.15) is 5.75 Å². The molecule has 100 valence electrons. The summed E-state index contributed by atoms with van der Waals surface area (Å²) in [5.41, 5.74) is 6.08. The van der Waals surface area contributed by atoms with Crippen LogP contribution in [0.2, 0.25) is 0 Å². The number of anilines is 1. The molecule has 0 radical (unpaired) electrons. The zero-order valence-electron chi connectivity index (χ0n) is 11.1. The molecule has 1 atom stereocenters. The predicted molar refractivity (Wildman–Crippen MR) is 73.7 cm³/mol. The Morgan fingerprint density at radius 2 is 2.00 bits per heavy atom. The quantitative estimate of drug-likeness (QED) is 0.745. The zero-order valence-corrected chi connectivity index (χ0v) is 11.1. The maximum absolute atomic E-state index is 10.6. The molecule has 0 heterocycles. The Morgan fingerprint density at radius 3 is 2.50 bits per heavy atom. The van der Waals surface area contributed by atoms with E-state index in [1.54, 1.807) is 0 Å². The van der Waals surface area contributed by atoms with Crippen LogP contribution in [0.5, 0.6) is 5.75 Å². The summed E-state index contributed by atoms with van der Waals surface area (Å²) >= 11 is 0. The summed E-state index contributed by atoms with van der Waals surface area (Å²) < 4.78 is 5.20. The lowest BCUT2D eigenvalue weighted by Gasteiger charge is -2.17. The fourth-order valence-electron chi connectivity index (χ4n) is 1.76. The Bertz CT molecular complexity index is 363. The summed E-state index contributed by atoms with van der Waals surface area (Å²) in [7, 11) is 0. The van der Waals surface area contributed by atoms with Gasteiger partial charge in [-0.3, -0.25) is 4.79 Å². The number of hydrogen-bond donors (Lipinski definition) is 2. The van der Waals surface area contributed by atoms with Crippen molar-refractivity contribution in [2.24, 2.45) is 5.73 Å². The molecule has 18 heavy (non-hydrogen) atoms. The second kappa shape index (κ2) is 7.58. The highest BCUT2D eigenvalue weighted by Crippen LogP contribution is 2.18. The Morgan fingerprint density at radius 1 is 1.33 bits per heavy atom. The molecule has 1 aromatic carbocycles. The Labute approximate surface area is 109 Å². The molecule has 1 amide bonds. The van der Waals surface area contributed by atoms with E-state index in [2.05, 4.69) is 19.2 Å². The third-order valence-corrected chi connectivity index (χ3v) is 2.74. The molecule has 0 aliphatic rings. The topological polar surface area (TPSA) is 64.3 Å². The first kappa shape index (κ1) is 14.4. The summed E-state index contributed by atoms with van der Waals surface area (Å²) in [5.74, 6) is 0.189. The molecule has 0 saturated heterocycles. The van der Waals surface area contributed by atoms with Crippen LogP contribution in [0.15, 0.2) is 24.3 Å². The van der Waals surface area contributed by atoms with Crippen LogP contribution in [0.25, 0.3) is 0 Å². The smallest absolute Gasteiger partial charge is 0.255 e. The first-order valence-electron chi connectivity index (χ1n) is 6.43. The van der Waals surface area contributed by atoms with Crippen LogP contribution in [0.1, 0.15) is 33.1 Å². The van der Waals surface area contributed by atoms with Gasteiger partial charge in [-0.2, -0.15) is 0 Å². The Kier molecular flexibility index (Phi) is 6.05. The van der Waals surface area contributed by atoms with E-state index in [4.69, 9.17) is 10.5 Å². The third kappa shape index (κ3) is 5.08. The molecule has 0 spiro atoms. The highest BCUT2D eigenvalue weighted by molar-refractivity contribution is 5.75. The van der Waals surface area contributed by atoms with E-state index in [9.17, 15) is 4.79 Å². The standard InChI is InChI=1S/C14H22N2O2/c1-3-5-11(4-2)16-12-6-8-13(9-7-12)18-10-14(15)17/h6-9,11,16H,3-5,10H2,1-2H3,(H2,15,17). The Hall–Kier alpha value is -1.71. The van der Waals surface area contributed by atoms with Gasteiger partial charge in [0.25, 0.3) is 5.91 Å². The van der Waals surface area contributed by atoms with Crippen molar-refractivity contribution in [2.45, 2.75) is 39.2 Å². The van der Waals surface area contributed by atoms with Crippen molar-refractivity contribution in [3.05, 3.63) is 24.3 Å². The van der Waals surface area contributed by atoms with E-state index >= 15 is 0 Å². The molecular formula is C14H22N2O2. The lowest BCUT2D eigenvalue weighted by molar-refractivity contribution is -0.119. The van der Waals surface area contributed by atoms with Crippen molar-refractivity contribution >= 4 is 11.6 Å². The van der Waals surface area contributed by atoms with Crippen LogP contribution in [0.4, 0.5) is 5.69 Å². The van der Waals surface area contributed by atoms with Crippen LogP contribution in [-0.2, 0) is 4.79 Å². The van der Waals surface area contributed by atoms with E-state index in [1.165, 1.54) is 6.42 Å². The number of carbonyl (C=O) groups excluding carboxylic acids is 1. The predicted octanol–water partition coefficient (Wildman–Crippen LogP) is 2.54. The van der Waals surface area contributed by atoms with Gasteiger partial charge >= 0.3 is 0 Å². The van der Waals surface area contributed by atoms with Gasteiger partial charge in [0.15, 0.2) is 6.61 Å². The van der Waals surface area contributed by atoms with Crippen molar-refractivity contribution < 1.29 is 9.53 Å². The van der Waals surface area contributed by atoms with Gasteiger partial charge in [0.05, 0.1) is 0 Å². The minimum atomic E-state index is -0.466. The lowest BCUT2D eigenvalue weighted by Crippen LogP contribution is -2.20. The van der Waals surface area contributed by atoms with E-state index in [-0.39, 0.29) is 6.61 Å². The van der Waals surface area contributed by atoms with Crippen LogP contribution < -0.4 is 15.8 Å². The monoisotopic (exact) mass is 250 g/mol. The molecule has 1 rings (SSSR count). The number of benzene rings is 1. The molecule has 1 unspecified atom stereocenters. The molecule has 4 heteroatoms. The number of ether oxygens (including phenoxy) is 1. The number of nitrogens with one attached hydrogen (secondary N) is 1. The minimum absolute atomic E-state index is 0.0831. The molecular weight excluding hydrogens is 228 g/mol. The second-order valence-corrected chi connectivity index (χ2v) is 4.32. The maximum Gasteiger partial charge on any atom is 0.255 e. The number of carbonyl (C=O) groups is 1. The lowest BCUT2D eigenvalue weighted by atomic mass is 10.1. The van der Waals surface area contributed by atoms with Gasteiger partial charge in [0.2, 0.25) is 0 Å². The van der Waals surface area contributed by atoms with E-state index in [0.29, 0.717) is 11.8 Å². The van der Waals surface area contributed by atoms with Crippen molar-refractivity contribution in [3.63, 3.8) is 0 Å². The normalized spacial score (nSPS) is 11.9. The van der Waals surface area contributed by atoms with Crippen molar-refractivity contribution in [3.8, 4) is 5.75 Å².